The Morgan fingerprint density at radius 2 is 0.793 bits per heavy atom. The number of amides is 3. The lowest BCUT2D eigenvalue weighted by Crippen LogP contribution is -2.41. The second-order valence-corrected chi connectivity index (χ2v) is 40.9. The fourth-order valence-corrected chi connectivity index (χ4v) is 20.7. The highest BCUT2D eigenvalue weighted by atomic mass is 16.6. The van der Waals surface area contributed by atoms with Crippen LogP contribution >= 0.6 is 0 Å². The largest absolute Gasteiger partial charge is 0.444 e. The third kappa shape index (κ3) is 28.4. The van der Waals surface area contributed by atoms with E-state index in [-0.39, 0.29) is 48.2 Å². The Kier molecular flexibility index (Phi) is 34.6. The number of nitrogens with two attached hydrogens (primary N) is 1. The number of aromatic amines is 2. The van der Waals surface area contributed by atoms with Gasteiger partial charge in [0.1, 0.15) is 28.6 Å². The van der Waals surface area contributed by atoms with Crippen molar-refractivity contribution in [3.05, 3.63) is 253 Å². The molecule has 29 nitrogen and oxygen atoms in total. The van der Waals surface area contributed by atoms with E-state index >= 15 is 0 Å². The van der Waals surface area contributed by atoms with Crippen LogP contribution in [0.1, 0.15) is 264 Å². The molecule has 5 atom stereocenters. The fraction of sp³-hybridized carbons (Fsp3) is 0.468. The monoisotopic (exact) mass is 1890 g/mol. The first-order chi connectivity index (χ1) is 67.4. The summed E-state index contributed by atoms with van der Waals surface area (Å²) >= 11 is 0. The topological polar surface area (TPSA) is 411 Å². The van der Waals surface area contributed by atoms with E-state index < -0.39 is 11.2 Å². The molecule has 19 rings (SSSR count). The summed E-state index contributed by atoms with van der Waals surface area (Å²) in [5.41, 5.74) is 23.2. The molecule has 4 fully saturated rings. The minimum Gasteiger partial charge on any atom is -0.444 e. The van der Waals surface area contributed by atoms with Gasteiger partial charge < -0.3 is 60.8 Å². The molecule has 730 valence electrons. The van der Waals surface area contributed by atoms with Crippen molar-refractivity contribution in [2.24, 2.45) is 17.6 Å². The molecule has 9 aliphatic carbocycles. The van der Waals surface area contributed by atoms with E-state index in [4.69, 9.17) is 51.0 Å². The number of anilines is 6. The summed E-state index contributed by atoms with van der Waals surface area (Å²) in [4.78, 5) is 75.8. The van der Waals surface area contributed by atoms with Gasteiger partial charge in [0.15, 0.2) is 11.6 Å². The molecule has 10 aromatic rings. The molecule has 9 aliphatic rings. The van der Waals surface area contributed by atoms with Gasteiger partial charge >= 0.3 is 18.2 Å². The van der Waals surface area contributed by atoms with Gasteiger partial charge in [-0.2, -0.15) is 46.5 Å². The Morgan fingerprint density at radius 3 is 1.22 bits per heavy atom. The average molecular weight is 1890 g/mol. The molecule has 4 aromatic heterocycles. The summed E-state index contributed by atoms with van der Waals surface area (Å²) in [6.07, 6.45) is 31.1. The molecule has 29 heteroatoms. The summed E-state index contributed by atoms with van der Waals surface area (Å²) in [5.74, 6) is 7.14. The Balaban J connectivity index is 0.000000142. The molecule has 0 bridgehead atoms. The summed E-state index contributed by atoms with van der Waals surface area (Å²) in [6, 6.07) is 59.0. The highest BCUT2D eigenvalue weighted by molar-refractivity contribution is 5.77. The van der Waals surface area contributed by atoms with Crippen molar-refractivity contribution in [3.63, 3.8) is 0 Å². The van der Waals surface area contributed by atoms with Crippen molar-refractivity contribution < 1.29 is 33.4 Å². The zero-order chi connectivity index (χ0) is 99.2. The van der Waals surface area contributed by atoms with E-state index in [1.807, 2.05) is 188 Å². The van der Waals surface area contributed by atoms with Crippen LogP contribution in [0.15, 0.2) is 158 Å². The number of nitriles is 5. The van der Waals surface area contributed by atoms with Gasteiger partial charge in [-0.15, -0.1) is 0 Å². The number of fused-ring (bicyclic) bond motifs is 5. The molecule has 0 saturated heterocycles. The van der Waals surface area contributed by atoms with Crippen molar-refractivity contribution in [1.82, 2.24) is 60.8 Å². The van der Waals surface area contributed by atoms with Crippen LogP contribution in [-0.2, 0) is 83.3 Å². The number of nitrogens with zero attached hydrogens (tertiary/aromatic N) is 15. The number of carbonyl (C=O) groups is 4. The number of rotatable bonds is 19. The Morgan fingerprint density at radius 1 is 0.421 bits per heavy atom. The smallest absolute Gasteiger partial charge is 0.410 e. The summed E-state index contributed by atoms with van der Waals surface area (Å²) in [5, 5.41) is 72.5. The van der Waals surface area contributed by atoms with E-state index in [2.05, 4.69) is 124 Å². The lowest BCUT2D eigenvalue weighted by Gasteiger charge is -2.35. The number of H-pyrrole nitrogens is 2. The molecule has 4 heterocycles. The Labute approximate surface area is 823 Å². The molecule has 0 aliphatic heterocycles. The minimum atomic E-state index is -0.483. The first-order valence-electron chi connectivity index (χ1n) is 49.7. The molecular weight excluding hydrogens is 1750 g/mol. The van der Waals surface area contributed by atoms with E-state index in [1.165, 1.54) is 107 Å². The number of alkyl carbamates (subject to hydrolysis) is 1. The molecule has 0 spiro atoms. The maximum atomic E-state index is 13.2. The molecule has 8 N–H and O–H groups in total. The number of nitrogens with one attached hydrogen (secondary N) is 6. The predicted octanol–water partition coefficient (Wildman–Crippen LogP) is 18.7. The molecule has 4 saturated carbocycles. The van der Waals surface area contributed by atoms with E-state index in [1.54, 1.807) is 24.3 Å². The molecule has 6 aromatic carbocycles. The van der Waals surface area contributed by atoms with Gasteiger partial charge in [-0.05, 0) is 342 Å². The Hall–Kier alpha value is -14.1. The number of ether oxygens (including phenoxy) is 3. The van der Waals surface area contributed by atoms with Crippen LogP contribution in [0.3, 0.4) is 0 Å². The number of aromatic nitrogens is 8. The number of benzene rings is 6. The van der Waals surface area contributed by atoms with Crippen LogP contribution < -0.4 is 41.5 Å². The first kappa shape index (κ1) is 102. The molecule has 0 radical (unpaired) electrons. The lowest BCUT2D eigenvalue weighted by atomic mass is 9.83. The number of carbonyl (C=O) groups excluding carboxylic acids is 4. The second kappa shape index (κ2) is 47.5. The number of hydrogen-bond acceptors (Lipinski definition) is 24. The van der Waals surface area contributed by atoms with Crippen LogP contribution in [0.4, 0.5) is 44.8 Å². The zero-order valence-electron chi connectivity index (χ0n) is 82.8. The summed E-state index contributed by atoms with van der Waals surface area (Å²) in [6.45, 7) is 11.1. The van der Waals surface area contributed by atoms with Gasteiger partial charge in [0.05, 0.1) is 58.2 Å². The molecule has 3 amide bonds. The highest BCUT2D eigenvalue weighted by Gasteiger charge is 2.36. The third-order valence-electron chi connectivity index (χ3n) is 28.5. The van der Waals surface area contributed by atoms with Crippen LogP contribution in [0.5, 0.6) is 5.75 Å². The van der Waals surface area contributed by atoms with Gasteiger partial charge in [-0.25, -0.2) is 19.6 Å². The van der Waals surface area contributed by atoms with Crippen LogP contribution in [0.25, 0.3) is 0 Å². The predicted molar refractivity (Wildman–Crippen MR) is 541 cm³/mol. The van der Waals surface area contributed by atoms with Gasteiger partial charge in [0.2, 0.25) is 17.8 Å². The first-order valence-corrected chi connectivity index (χ1v) is 49.7. The third-order valence-corrected chi connectivity index (χ3v) is 28.5. The fourth-order valence-electron chi connectivity index (χ4n) is 20.7. The number of likely N-dealkylation sites (N-methyl/N-ethyl adjacent to an activating group) is 3. The van der Waals surface area contributed by atoms with Gasteiger partial charge in [-0.1, -0.05) is 74.2 Å². The Bertz CT molecular complexity index is 6160. The standard InChI is InChI=1S/C32H40N8O.C27H34N6O2.C16H20N2O2.C15H18N2O2.C11H12N2.C10H10N2/c1-39(27-17-24-10-7-22(20-33)15-25(24)18-27)31(41)16-21-8-11-26(12-9-21)40(2)32-34-14-13-29(36-32)35-30-19-28(37-38-30)23-5-3-4-6-23;1-33(21-13-11-19(12-14-21)17-26(34)35-22-9-3-2-4-10-22)27-28-16-15-24(30-27)29-25-18-23(31-32-25)20-7-5-6-8-20;1-16(2,3)20-15(19)18(4)14-8-12-6-5-11(10-17)7-13(12)9-14;1-15(2,3)19-14(18)17-13-7-11-5-4-10(9-16)6-12(11)8-13;1-13-11-5-9-3-2-8(7-12)4-10(9)6-11;11-6-7-1-2-8-4-10(12)5-9(8)3-7/h7,10,13-15,19,21,23,26-27H,3-6,8-9,11-12,16-18H2,1-2H3,(H2,34,35,36,37,38);2-4,9-10,15-16,18-21H,5-8,11-14,17H2,1H3,(H2,28,29,30,31,32);5-7,14H,8-9H2,1-4H3;4-6,13H,7-8H2,1-3H3,(H,17,18);2-4,11,13H,5-6H2,1H3;1-3,10H,4-5,12H2. The van der Waals surface area contributed by atoms with Crippen molar-refractivity contribution in [2.45, 2.75) is 287 Å². The van der Waals surface area contributed by atoms with E-state index in [9.17, 15) is 24.4 Å². The maximum absolute atomic E-state index is 13.2. The van der Waals surface area contributed by atoms with Crippen molar-refractivity contribution >= 4 is 59.2 Å². The van der Waals surface area contributed by atoms with Gasteiger partial charge in [-0.3, -0.25) is 19.8 Å². The van der Waals surface area contributed by atoms with Crippen molar-refractivity contribution in [1.29, 1.82) is 26.3 Å². The van der Waals surface area contributed by atoms with E-state index in [0.29, 0.717) is 89.0 Å². The minimum absolute atomic E-state index is 0.0544. The van der Waals surface area contributed by atoms with E-state index in [0.717, 1.165) is 161 Å². The van der Waals surface area contributed by atoms with Crippen LogP contribution in [0.2, 0.25) is 0 Å². The molecule has 5 unspecified atom stereocenters. The lowest BCUT2D eigenvalue weighted by molar-refractivity contribution is -0.136. The molecule has 140 heavy (non-hydrogen) atoms. The maximum Gasteiger partial charge on any atom is 0.410 e. The van der Waals surface area contributed by atoms with Gasteiger partial charge in [0, 0.05) is 131 Å². The SMILES string of the molecule is CC(C)(C)OC(=O)NC1Cc2ccc(C#N)cc2C1.CN(C(=O)CC1CCC(N(C)c2nccc(Nc3cc(C4CCCC4)[nH]n3)n2)CC1)C1Cc2ccc(C#N)cc2C1.CN(C(=O)OC(C)(C)C)C1Cc2ccc(C#N)cc2C1.CN(c1nccc(Nc2cc(C3CCCC3)[nH]n2)n1)C1CCC(CC(=O)Oc2ccccc2)CC1.CNC1Cc2ccc(C#N)cc2C1.N#Cc1ccc2c(c1)CC(N)C2. The van der Waals surface area contributed by atoms with Gasteiger partial charge in [0.25, 0.3) is 0 Å². The van der Waals surface area contributed by atoms with Crippen LogP contribution in [0, 0.1) is 68.5 Å². The molecular formula is C111H134N22O7. The van der Waals surface area contributed by atoms with Crippen molar-refractivity contribution in [2.75, 3.05) is 55.7 Å². The number of hydrogen-bond donors (Lipinski definition) is 7. The van der Waals surface area contributed by atoms with Crippen molar-refractivity contribution in [3.8, 4) is 36.1 Å². The number of esters is 1. The highest BCUT2D eigenvalue weighted by Crippen LogP contribution is 2.40. The quantitative estimate of drug-likeness (QED) is 0.0292. The summed E-state index contributed by atoms with van der Waals surface area (Å²) in [7, 11) is 9.84. The van der Waals surface area contributed by atoms with Crippen LogP contribution in [-0.4, -0.2) is 163 Å². The summed E-state index contributed by atoms with van der Waals surface area (Å²) < 4.78 is 16.1. The zero-order valence-corrected chi connectivity index (χ0v) is 82.8. The normalized spacial score (nSPS) is 20.0. The number of para-hydroxylation sites is 1. The second-order valence-electron chi connectivity index (χ2n) is 40.9. The average Bonchev–Trinajstić information content (AvgIpc) is 1.63.